The molecule has 0 aliphatic heterocycles. The van der Waals surface area contributed by atoms with E-state index < -0.39 is 0 Å². The first kappa shape index (κ1) is 13.4. The predicted molar refractivity (Wildman–Crippen MR) is 77.4 cm³/mol. The molecule has 1 heterocycles. The number of nitrogens with one attached hydrogen (secondary N) is 1. The minimum atomic E-state index is -0.235. The van der Waals surface area contributed by atoms with Gasteiger partial charge in [-0.05, 0) is 24.8 Å². The molecule has 3 nitrogen and oxygen atoms in total. The number of benzene rings is 1. The molecule has 1 aromatic heterocycles. The molecular formula is C16H19NO2. The Balaban J connectivity index is 2.51. The topological polar surface area (TPSA) is 53.1 Å². The fourth-order valence-electron chi connectivity index (χ4n) is 2.23. The van der Waals surface area contributed by atoms with Gasteiger partial charge in [0.25, 0.3) is 5.56 Å². The lowest BCUT2D eigenvalue weighted by Crippen LogP contribution is -2.13. The third-order valence-electron chi connectivity index (χ3n) is 3.00. The molecular weight excluding hydrogens is 238 g/mol. The molecule has 0 atom stereocenters. The fraction of sp³-hybridized carbons (Fsp3) is 0.312. The summed E-state index contributed by atoms with van der Waals surface area (Å²) in [6.07, 6.45) is 0.747. The van der Waals surface area contributed by atoms with Gasteiger partial charge < -0.3 is 10.1 Å². The summed E-state index contributed by atoms with van der Waals surface area (Å²) >= 11 is 0. The number of aromatic amines is 1. The third-order valence-corrected chi connectivity index (χ3v) is 3.00. The second kappa shape index (κ2) is 5.31. The van der Waals surface area contributed by atoms with Crippen LogP contribution in [0.1, 0.15) is 25.1 Å². The minimum Gasteiger partial charge on any atom is -0.507 e. The average Bonchev–Trinajstić information content (AvgIpc) is 2.26. The quantitative estimate of drug-likeness (QED) is 0.886. The maximum Gasteiger partial charge on any atom is 0.259 e. The maximum atomic E-state index is 12.1. The van der Waals surface area contributed by atoms with Crippen LogP contribution in [0.3, 0.4) is 0 Å². The molecule has 0 aliphatic rings. The van der Waals surface area contributed by atoms with Crippen molar-refractivity contribution >= 4 is 0 Å². The molecule has 3 heteroatoms. The second-order valence-electron chi connectivity index (χ2n) is 5.35. The minimum absolute atomic E-state index is 0.0463. The van der Waals surface area contributed by atoms with Crippen LogP contribution >= 0.6 is 0 Å². The molecule has 0 bridgehead atoms. The summed E-state index contributed by atoms with van der Waals surface area (Å²) in [7, 11) is 0. The number of H-pyrrole nitrogens is 1. The summed E-state index contributed by atoms with van der Waals surface area (Å²) in [4.78, 5) is 15.0. The Labute approximate surface area is 112 Å². The maximum absolute atomic E-state index is 12.1. The van der Waals surface area contributed by atoms with Crippen LogP contribution in [0.5, 0.6) is 5.75 Å². The zero-order chi connectivity index (χ0) is 14.0. The van der Waals surface area contributed by atoms with E-state index in [1.54, 1.807) is 6.07 Å². The van der Waals surface area contributed by atoms with Crippen molar-refractivity contribution in [3.8, 4) is 16.9 Å². The van der Waals surface area contributed by atoms with Gasteiger partial charge in [0, 0.05) is 11.8 Å². The van der Waals surface area contributed by atoms with E-state index in [1.165, 1.54) is 0 Å². The molecule has 2 N–H and O–H groups in total. The Morgan fingerprint density at radius 1 is 1.26 bits per heavy atom. The molecule has 1 aromatic carbocycles. The Bertz CT molecular complexity index is 641. The molecule has 2 aromatic rings. The lowest BCUT2D eigenvalue weighted by molar-refractivity contribution is 0.473. The van der Waals surface area contributed by atoms with Gasteiger partial charge in [-0.15, -0.1) is 0 Å². The van der Waals surface area contributed by atoms with Gasteiger partial charge in [-0.1, -0.05) is 43.7 Å². The number of rotatable bonds is 3. The van der Waals surface area contributed by atoms with Crippen LogP contribution < -0.4 is 5.56 Å². The first-order valence-corrected chi connectivity index (χ1v) is 6.49. The highest BCUT2D eigenvalue weighted by molar-refractivity contribution is 5.69. The Morgan fingerprint density at radius 3 is 2.58 bits per heavy atom. The van der Waals surface area contributed by atoms with Crippen LogP contribution in [0.2, 0.25) is 0 Å². The molecule has 2 rings (SSSR count). The number of aromatic hydroxyl groups is 1. The average molecular weight is 257 g/mol. The summed E-state index contributed by atoms with van der Waals surface area (Å²) in [5.41, 5.74) is 2.68. The first-order chi connectivity index (χ1) is 8.97. The highest BCUT2D eigenvalue weighted by Crippen LogP contribution is 2.26. The van der Waals surface area contributed by atoms with Gasteiger partial charge in [-0.3, -0.25) is 4.79 Å². The summed E-state index contributed by atoms with van der Waals surface area (Å²) in [5.74, 6) is 0.477. The largest absolute Gasteiger partial charge is 0.507 e. The fourth-order valence-corrected chi connectivity index (χ4v) is 2.23. The first-order valence-electron chi connectivity index (χ1n) is 6.49. The summed E-state index contributed by atoms with van der Waals surface area (Å²) < 4.78 is 0. The van der Waals surface area contributed by atoms with E-state index in [4.69, 9.17) is 0 Å². The van der Waals surface area contributed by atoms with Crippen molar-refractivity contribution in [3.05, 3.63) is 51.9 Å². The molecule has 0 unspecified atom stereocenters. The number of pyridine rings is 1. The normalized spacial score (nSPS) is 10.9. The summed E-state index contributed by atoms with van der Waals surface area (Å²) in [6.45, 7) is 6.11. The van der Waals surface area contributed by atoms with Crippen LogP contribution in [0.15, 0.2) is 35.1 Å². The van der Waals surface area contributed by atoms with E-state index in [9.17, 15) is 9.90 Å². The van der Waals surface area contributed by atoms with Crippen molar-refractivity contribution in [1.82, 2.24) is 4.98 Å². The van der Waals surface area contributed by atoms with E-state index in [1.807, 2.05) is 31.2 Å². The van der Waals surface area contributed by atoms with Crippen LogP contribution in [0.4, 0.5) is 0 Å². The zero-order valence-electron chi connectivity index (χ0n) is 11.5. The number of hydrogen-bond acceptors (Lipinski definition) is 2. The molecule has 100 valence electrons. The van der Waals surface area contributed by atoms with Crippen LogP contribution in [-0.2, 0) is 6.42 Å². The summed E-state index contributed by atoms with van der Waals surface area (Å²) in [5, 5.41) is 10.1. The van der Waals surface area contributed by atoms with Crippen molar-refractivity contribution < 1.29 is 5.11 Å². The molecule has 0 fully saturated rings. The van der Waals surface area contributed by atoms with Gasteiger partial charge in [0.1, 0.15) is 5.75 Å². The van der Waals surface area contributed by atoms with Gasteiger partial charge in [0.2, 0.25) is 0 Å². The molecule has 0 amide bonds. The summed E-state index contributed by atoms with van der Waals surface area (Å²) in [6, 6.07) is 9.22. The molecule has 0 saturated heterocycles. The van der Waals surface area contributed by atoms with Crippen molar-refractivity contribution in [2.24, 2.45) is 5.92 Å². The van der Waals surface area contributed by atoms with E-state index in [-0.39, 0.29) is 11.3 Å². The number of aryl methyl sites for hydroxylation is 1. The van der Waals surface area contributed by atoms with Crippen molar-refractivity contribution in [2.75, 3.05) is 0 Å². The van der Waals surface area contributed by atoms with E-state index in [0.29, 0.717) is 11.5 Å². The lowest BCUT2D eigenvalue weighted by Gasteiger charge is -2.09. The Kier molecular flexibility index (Phi) is 3.74. The van der Waals surface area contributed by atoms with Gasteiger partial charge in [-0.25, -0.2) is 0 Å². The molecule has 0 radical (unpaired) electrons. The molecule has 0 aliphatic carbocycles. The monoisotopic (exact) mass is 257 g/mol. The second-order valence-corrected chi connectivity index (χ2v) is 5.35. The van der Waals surface area contributed by atoms with E-state index in [0.717, 1.165) is 23.2 Å². The molecule has 0 saturated carbocycles. The Hall–Kier alpha value is -2.03. The molecule has 0 spiro atoms. The van der Waals surface area contributed by atoms with Crippen molar-refractivity contribution in [1.29, 1.82) is 0 Å². The predicted octanol–water partition coefficient (Wildman–Crippen LogP) is 3.25. The van der Waals surface area contributed by atoms with Crippen molar-refractivity contribution in [3.63, 3.8) is 0 Å². The third kappa shape index (κ3) is 3.05. The SMILES string of the molecule is Cc1cccc(-c2c(O)cc(CC(C)C)[nH]c2=O)c1. The van der Waals surface area contributed by atoms with Crippen LogP contribution in [0, 0.1) is 12.8 Å². The standard InChI is InChI=1S/C16H19NO2/c1-10(2)7-13-9-14(18)15(16(19)17-13)12-6-4-5-11(3)8-12/h4-6,8-10H,7H2,1-3H3,(H2,17,18,19). The highest BCUT2D eigenvalue weighted by Gasteiger charge is 2.12. The Morgan fingerprint density at radius 2 is 2.00 bits per heavy atom. The van der Waals surface area contributed by atoms with Gasteiger partial charge >= 0.3 is 0 Å². The zero-order valence-corrected chi connectivity index (χ0v) is 11.5. The van der Waals surface area contributed by atoms with Gasteiger partial charge in [0.15, 0.2) is 0 Å². The number of hydrogen-bond donors (Lipinski definition) is 2. The highest BCUT2D eigenvalue weighted by atomic mass is 16.3. The van der Waals surface area contributed by atoms with E-state index >= 15 is 0 Å². The van der Waals surface area contributed by atoms with Crippen molar-refractivity contribution in [2.45, 2.75) is 27.2 Å². The smallest absolute Gasteiger partial charge is 0.259 e. The molecule has 19 heavy (non-hydrogen) atoms. The van der Waals surface area contributed by atoms with Gasteiger partial charge in [-0.2, -0.15) is 0 Å². The van der Waals surface area contributed by atoms with E-state index in [2.05, 4.69) is 18.8 Å². The van der Waals surface area contributed by atoms with Crippen LogP contribution in [0.25, 0.3) is 11.1 Å². The van der Waals surface area contributed by atoms with Crippen LogP contribution in [-0.4, -0.2) is 10.1 Å². The number of aromatic nitrogens is 1. The van der Waals surface area contributed by atoms with Gasteiger partial charge in [0.05, 0.1) is 5.56 Å². The lowest BCUT2D eigenvalue weighted by atomic mass is 10.0.